The first kappa shape index (κ1) is 8.27. The van der Waals surface area contributed by atoms with Gasteiger partial charge in [0.25, 0.3) is 0 Å². The van der Waals surface area contributed by atoms with Crippen LogP contribution in [0.25, 0.3) is 0 Å². The number of hydrogen-bond acceptors (Lipinski definition) is 2. The SMILES string of the molecule is c1cc(CCN2CCCC2)cs1. The molecule has 0 aromatic carbocycles. The van der Waals surface area contributed by atoms with Crippen molar-refractivity contribution in [2.75, 3.05) is 19.6 Å². The number of rotatable bonds is 3. The third-order valence-corrected chi connectivity index (χ3v) is 3.23. The van der Waals surface area contributed by atoms with E-state index >= 15 is 0 Å². The van der Waals surface area contributed by atoms with E-state index in [1.807, 2.05) is 0 Å². The van der Waals surface area contributed by atoms with Gasteiger partial charge in [-0.05, 0) is 54.7 Å². The van der Waals surface area contributed by atoms with E-state index in [-0.39, 0.29) is 0 Å². The summed E-state index contributed by atoms with van der Waals surface area (Å²) >= 11 is 1.80. The first-order valence-electron chi connectivity index (χ1n) is 4.68. The second kappa shape index (κ2) is 4.06. The fraction of sp³-hybridized carbons (Fsp3) is 0.600. The third kappa shape index (κ3) is 2.08. The maximum absolute atomic E-state index is 2.57. The van der Waals surface area contributed by atoms with Crippen LogP contribution in [-0.2, 0) is 6.42 Å². The van der Waals surface area contributed by atoms with Gasteiger partial charge in [-0.15, -0.1) is 0 Å². The first-order chi connectivity index (χ1) is 5.95. The monoisotopic (exact) mass is 181 g/mol. The normalized spacial score (nSPS) is 18.7. The Hall–Kier alpha value is -0.340. The molecule has 0 radical (unpaired) electrons. The summed E-state index contributed by atoms with van der Waals surface area (Å²) in [4.78, 5) is 2.57. The van der Waals surface area contributed by atoms with Crippen molar-refractivity contribution < 1.29 is 0 Å². The number of likely N-dealkylation sites (tertiary alicyclic amines) is 1. The van der Waals surface area contributed by atoms with Crippen LogP contribution < -0.4 is 0 Å². The zero-order chi connectivity index (χ0) is 8.23. The van der Waals surface area contributed by atoms with Gasteiger partial charge in [-0.3, -0.25) is 0 Å². The summed E-state index contributed by atoms with van der Waals surface area (Å²) in [7, 11) is 0. The van der Waals surface area contributed by atoms with Gasteiger partial charge in [0.15, 0.2) is 0 Å². The fourth-order valence-electron chi connectivity index (χ4n) is 1.73. The smallest absolute Gasteiger partial charge is 0.00221 e. The van der Waals surface area contributed by atoms with Crippen molar-refractivity contribution in [3.63, 3.8) is 0 Å². The Balaban J connectivity index is 1.74. The molecule has 1 fully saturated rings. The van der Waals surface area contributed by atoms with Gasteiger partial charge in [-0.2, -0.15) is 11.3 Å². The van der Waals surface area contributed by atoms with E-state index in [2.05, 4.69) is 21.7 Å². The second-order valence-corrected chi connectivity index (χ2v) is 4.21. The minimum atomic E-state index is 1.24. The largest absolute Gasteiger partial charge is 0.303 e. The van der Waals surface area contributed by atoms with Gasteiger partial charge in [0.05, 0.1) is 0 Å². The highest BCUT2D eigenvalue weighted by Gasteiger charge is 2.10. The Morgan fingerprint density at radius 3 is 2.83 bits per heavy atom. The predicted octanol–water partition coefficient (Wildman–Crippen LogP) is 2.39. The van der Waals surface area contributed by atoms with Crippen molar-refractivity contribution in [2.45, 2.75) is 19.3 Å². The minimum Gasteiger partial charge on any atom is -0.303 e. The lowest BCUT2D eigenvalue weighted by atomic mass is 10.2. The molecule has 0 spiro atoms. The summed E-state index contributed by atoms with van der Waals surface area (Å²) in [6, 6.07) is 2.24. The first-order valence-corrected chi connectivity index (χ1v) is 5.63. The lowest BCUT2D eigenvalue weighted by molar-refractivity contribution is 0.343. The van der Waals surface area contributed by atoms with Crippen molar-refractivity contribution in [2.24, 2.45) is 0 Å². The highest BCUT2D eigenvalue weighted by atomic mass is 32.1. The highest BCUT2D eigenvalue weighted by Crippen LogP contribution is 2.11. The molecule has 0 atom stereocenters. The Morgan fingerprint density at radius 1 is 1.33 bits per heavy atom. The molecule has 1 aromatic heterocycles. The Bertz CT molecular complexity index is 212. The second-order valence-electron chi connectivity index (χ2n) is 3.43. The van der Waals surface area contributed by atoms with Gasteiger partial charge in [0.1, 0.15) is 0 Å². The Morgan fingerprint density at radius 2 is 2.17 bits per heavy atom. The summed E-state index contributed by atoms with van der Waals surface area (Å²) in [5.74, 6) is 0. The van der Waals surface area contributed by atoms with Crippen LogP contribution in [-0.4, -0.2) is 24.5 Å². The van der Waals surface area contributed by atoms with E-state index in [1.165, 1.54) is 44.5 Å². The van der Waals surface area contributed by atoms with Gasteiger partial charge < -0.3 is 4.90 Å². The molecule has 12 heavy (non-hydrogen) atoms. The molecule has 1 nitrogen and oxygen atoms in total. The van der Waals surface area contributed by atoms with E-state index in [1.54, 1.807) is 11.3 Å². The molecule has 1 aliphatic heterocycles. The molecule has 0 saturated carbocycles. The molecule has 2 rings (SSSR count). The van der Waals surface area contributed by atoms with Crippen LogP contribution >= 0.6 is 11.3 Å². The standard InChI is InChI=1S/C10H15NS/c1-2-6-11(5-1)7-3-10-4-8-12-9-10/h4,8-9H,1-3,5-7H2. The molecule has 0 bridgehead atoms. The molecular formula is C10H15NS. The van der Waals surface area contributed by atoms with Crippen LogP contribution in [0.1, 0.15) is 18.4 Å². The van der Waals surface area contributed by atoms with Crippen LogP contribution in [0, 0.1) is 0 Å². The van der Waals surface area contributed by atoms with Crippen LogP contribution in [0.5, 0.6) is 0 Å². The van der Waals surface area contributed by atoms with Crippen LogP contribution in [0.15, 0.2) is 16.8 Å². The van der Waals surface area contributed by atoms with Crippen molar-refractivity contribution in [1.82, 2.24) is 4.90 Å². The molecule has 0 unspecified atom stereocenters. The van der Waals surface area contributed by atoms with Crippen molar-refractivity contribution >= 4 is 11.3 Å². The van der Waals surface area contributed by atoms with Crippen LogP contribution in [0.2, 0.25) is 0 Å². The van der Waals surface area contributed by atoms with E-state index in [0.717, 1.165) is 0 Å². The molecule has 0 N–H and O–H groups in total. The summed E-state index contributed by atoms with van der Waals surface area (Å²) < 4.78 is 0. The quantitative estimate of drug-likeness (QED) is 0.692. The predicted molar refractivity (Wildman–Crippen MR) is 53.7 cm³/mol. The lowest BCUT2D eigenvalue weighted by Gasteiger charge is -2.12. The molecule has 2 heteroatoms. The van der Waals surface area contributed by atoms with Crippen molar-refractivity contribution in [3.8, 4) is 0 Å². The molecule has 2 heterocycles. The molecule has 0 amide bonds. The number of hydrogen-bond donors (Lipinski definition) is 0. The van der Waals surface area contributed by atoms with Gasteiger partial charge >= 0.3 is 0 Å². The number of nitrogens with zero attached hydrogens (tertiary/aromatic N) is 1. The van der Waals surface area contributed by atoms with E-state index in [4.69, 9.17) is 0 Å². The van der Waals surface area contributed by atoms with Gasteiger partial charge in [-0.1, -0.05) is 0 Å². The van der Waals surface area contributed by atoms with Gasteiger partial charge in [0, 0.05) is 6.54 Å². The fourth-order valence-corrected chi connectivity index (χ4v) is 2.43. The zero-order valence-corrected chi connectivity index (χ0v) is 8.15. The van der Waals surface area contributed by atoms with Gasteiger partial charge in [-0.25, -0.2) is 0 Å². The topological polar surface area (TPSA) is 3.24 Å². The van der Waals surface area contributed by atoms with Gasteiger partial charge in [0.2, 0.25) is 0 Å². The lowest BCUT2D eigenvalue weighted by Crippen LogP contribution is -2.21. The van der Waals surface area contributed by atoms with E-state index in [9.17, 15) is 0 Å². The van der Waals surface area contributed by atoms with E-state index in [0.29, 0.717) is 0 Å². The highest BCUT2D eigenvalue weighted by molar-refractivity contribution is 7.07. The van der Waals surface area contributed by atoms with E-state index < -0.39 is 0 Å². The summed E-state index contributed by atoms with van der Waals surface area (Å²) in [5, 5.41) is 4.43. The summed E-state index contributed by atoms with van der Waals surface area (Å²) in [5.41, 5.74) is 1.51. The maximum atomic E-state index is 2.57. The third-order valence-electron chi connectivity index (χ3n) is 2.50. The summed E-state index contributed by atoms with van der Waals surface area (Å²) in [6.07, 6.45) is 4.05. The average molecular weight is 181 g/mol. The Kier molecular flexibility index (Phi) is 2.79. The molecule has 1 aromatic rings. The Labute approximate surface area is 78.0 Å². The van der Waals surface area contributed by atoms with Crippen molar-refractivity contribution in [1.29, 1.82) is 0 Å². The van der Waals surface area contributed by atoms with Crippen molar-refractivity contribution in [3.05, 3.63) is 22.4 Å². The average Bonchev–Trinajstić information content (AvgIpc) is 2.74. The van der Waals surface area contributed by atoms with Crippen LogP contribution in [0.4, 0.5) is 0 Å². The summed E-state index contributed by atoms with van der Waals surface area (Å²) in [6.45, 7) is 3.91. The molecular weight excluding hydrogens is 166 g/mol. The molecule has 66 valence electrons. The zero-order valence-electron chi connectivity index (χ0n) is 7.33. The molecule has 1 saturated heterocycles. The minimum absolute atomic E-state index is 1.24. The molecule has 0 aliphatic carbocycles. The molecule has 1 aliphatic rings. The maximum Gasteiger partial charge on any atom is 0.00221 e. The van der Waals surface area contributed by atoms with Crippen LogP contribution in [0.3, 0.4) is 0 Å². The number of thiophene rings is 1.